The fraction of sp³-hybridized carbons (Fsp3) is 0.368. The van der Waals surface area contributed by atoms with Crippen LogP contribution < -0.4 is 0 Å². The fourth-order valence-corrected chi connectivity index (χ4v) is 4.50. The van der Waals surface area contributed by atoms with Gasteiger partial charge < -0.3 is 14.7 Å². The van der Waals surface area contributed by atoms with Gasteiger partial charge in [-0.25, -0.2) is 4.79 Å². The molecular formula is C19H19Cl2NO4S. The minimum atomic E-state index is -0.931. The van der Waals surface area contributed by atoms with E-state index in [9.17, 15) is 9.59 Å². The Morgan fingerprint density at radius 3 is 2.67 bits per heavy atom. The zero-order chi connectivity index (χ0) is 19.4. The van der Waals surface area contributed by atoms with Crippen LogP contribution in [0.5, 0.6) is 0 Å². The van der Waals surface area contributed by atoms with E-state index in [1.165, 1.54) is 11.3 Å². The van der Waals surface area contributed by atoms with E-state index in [2.05, 4.69) is 0 Å². The Kier molecular flexibility index (Phi) is 6.76. The first-order valence-electron chi connectivity index (χ1n) is 8.56. The van der Waals surface area contributed by atoms with Crippen LogP contribution in [-0.4, -0.2) is 41.1 Å². The molecule has 1 aromatic heterocycles. The number of hydrogen-bond donors (Lipinski definition) is 1. The van der Waals surface area contributed by atoms with Crippen molar-refractivity contribution in [3.63, 3.8) is 0 Å². The molecule has 2 heterocycles. The van der Waals surface area contributed by atoms with Gasteiger partial charge in [0.05, 0.1) is 19.3 Å². The van der Waals surface area contributed by atoms with Crippen molar-refractivity contribution in [3.8, 4) is 0 Å². The lowest BCUT2D eigenvalue weighted by Crippen LogP contribution is -2.37. The quantitative estimate of drug-likeness (QED) is 0.672. The second-order valence-electron chi connectivity index (χ2n) is 6.39. The van der Waals surface area contributed by atoms with Crippen molar-refractivity contribution in [1.29, 1.82) is 0 Å². The number of halogens is 2. The number of likely N-dealkylation sites (tertiary alicyclic amines) is 1. The third-order valence-corrected chi connectivity index (χ3v) is 5.93. The summed E-state index contributed by atoms with van der Waals surface area (Å²) in [6.45, 7) is 1.37. The van der Waals surface area contributed by atoms with Crippen LogP contribution in [0.3, 0.4) is 0 Å². The van der Waals surface area contributed by atoms with E-state index in [0.717, 1.165) is 16.9 Å². The van der Waals surface area contributed by atoms with Gasteiger partial charge in [-0.15, -0.1) is 11.3 Å². The fourth-order valence-electron chi connectivity index (χ4n) is 3.14. The third kappa shape index (κ3) is 5.45. The van der Waals surface area contributed by atoms with Crippen molar-refractivity contribution in [2.45, 2.75) is 31.9 Å². The molecular weight excluding hydrogens is 409 g/mol. The predicted molar refractivity (Wildman–Crippen MR) is 106 cm³/mol. The van der Waals surface area contributed by atoms with Gasteiger partial charge in [-0.3, -0.25) is 4.79 Å². The molecule has 3 rings (SSSR count). The van der Waals surface area contributed by atoms with Crippen molar-refractivity contribution >= 4 is 46.4 Å². The first-order chi connectivity index (χ1) is 12.9. The summed E-state index contributed by atoms with van der Waals surface area (Å²) in [5.74, 6) is -0.805. The number of benzene rings is 1. The van der Waals surface area contributed by atoms with Gasteiger partial charge >= 0.3 is 5.97 Å². The summed E-state index contributed by atoms with van der Waals surface area (Å²) in [4.78, 5) is 26.1. The monoisotopic (exact) mass is 427 g/mol. The number of hydrogen-bond acceptors (Lipinski definition) is 4. The number of nitrogens with zero attached hydrogens (tertiary/aromatic N) is 1. The normalized spacial score (nSPS) is 16.9. The number of carbonyl (C=O) groups excluding carboxylic acids is 1. The molecule has 1 N–H and O–H groups in total. The molecule has 5 nitrogen and oxygen atoms in total. The summed E-state index contributed by atoms with van der Waals surface area (Å²) in [6, 6.07) is 8.77. The van der Waals surface area contributed by atoms with Gasteiger partial charge in [0.15, 0.2) is 0 Å². The van der Waals surface area contributed by atoms with Crippen LogP contribution in [0.15, 0.2) is 30.3 Å². The van der Waals surface area contributed by atoms with Crippen molar-refractivity contribution in [3.05, 3.63) is 55.7 Å². The van der Waals surface area contributed by atoms with Crippen LogP contribution in [0.4, 0.5) is 0 Å². The van der Waals surface area contributed by atoms with E-state index < -0.39 is 5.97 Å². The zero-order valence-corrected chi connectivity index (χ0v) is 16.8. The predicted octanol–water partition coefficient (Wildman–Crippen LogP) is 4.50. The van der Waals surface area contributed by atoms with Crippen LogP contribution in [0.2, 0.25) is 10.0 Å². The van der Waals surface area contributed by atoms with E-state index in [4.69, 9.17) is 33.0 Å². The summed E-state index contributed by atoms with van der Waals surface area (Å²) < 4.78 is 5.75. The zero-order valence-electron chi connectivity index (χ0n) is 14.5. The first kappa shape index (κ1) is 20.1. The topological polar surface area (TPSA) is 66.8 Å². The van der Waals surface area contributed by atoms with Crippen LogP contribution in [0.25, 0.3) is 0 Å². The van der Waals surface area contributed by atoms with Crippen molar-refractivity contribution in [2.75, 3.05) is 13.2 Å². The smallest absolute Gasteiger partial charge is 0.345 e. The molecule has 27 heavy (non-hydrogen) atoms. The van der Waals surface area contributed by atoms with Gasteiger partial charge in [0.2, 0.25) is 5.91 Å². The highest BCUT2D eigenvalue weighted by Gasteiger charge is 2.30. The summed E-state index contributed by atoms with van der Waals surface area (Å²) in [5, 5.41) is 10.1. The highest BCUT2D eigenvalue weighted by molar-refractivity contribution is 7.13. The molecule has 0 radical (unpaired) electrons. The molecule has 144 valence electrons. The molecule has 8 heteroatoms. The van der Waals surface area contributed by atoms with Crippen molar-refractivity contribution in [2.24, 2.45) is 0 Å². The molecule has 0 unspecified atom stereocenters. The maximum atomic E-state index is 12.2. The van der Waals surface area contributed by atoms with Crippen LogP contribution in [0.1, 0.15) is 33.0 Å². The minimum Gasteiger partial charge on any atom is -0.477 e. The molecule has 1 aliphatic rings. The van der Waals surface area contributed by atoms with E-state index in [-0.39, 0.29) is 11.9 Å². The molecule has 1 saturated heterocycles. The highest BCUT2D eigenvalue weighted by atomic mass is 35.5. The molecule has 0 saturated carbocycles. The lowest BCUT2D eigenvalue weighted by atomic mass is 10.1. The summed E-state index contributed by atoms with van der Waals surface area (Å²) in [7, 11) is 0. The van der Waals surface area contributed by atoms with E-state index in [1.54, 1.807) is 18.2 Å². The molecule has 0 aliphatic carbocycles. The molecule has 1 aliphatic heterocycles. The SMILES string of the molecule is O=C(O)c1ccc(COC[C@H]2CCC(=O)N2CCc2cc(Cl)cc(Cl)c2)s1. The molecule has 2 aromatic rings. The van der Waals surface area contributed by atoms with Gasteiger partial charge in [0.25, 0.3) is 0 Å². The van der Waals surface area contributed by atoms with Gasteiger partial charge in [0.1, 0.15) is 4.88 Å². The Bertz CT molecular complexity index is 819. The molecule has 0 spiro atoms. The standard InChI is InChI=1S/C19H19Cl2NO4S/c20-13-7-12(8-14(21)9-13)5-6-22-15(1-4-18(22)23)10-26-11-16-2-3-17(27-16)19(24)25/h2-3,7-9,15H,1,4-6,10-11H2,(H,24,25)/t15-/m1/s1. The maximum Gasteiger partial charge on any atom is 0.345 e. The third-order valence-electron chi connectivity index (χ3n) is 4.44. The molecule has 1 amide bonds. The summed E-state index contributed by atoms with van der Waals surface area (Å²) in [5.41, 5.74) is 0.992. The molecule has 1 atom stereocenters. The molecule has 1 fully saturated rings. The van der Waals surface area contributed by atoms with Gasteiger partial charge in [-0.05, 0) is 48.7 Å². The Balaban J connectivity index is 1.51. The van der Waals surface area contributed by atoms with Crippen LogP contribution in [-0.2, 0) is 22.6 Å². The lowest BCUT2D eigenvalue weighted by molar-refractivity contribution is -0.129. The van der Waals surface area contributed by atoms with Crippen molar-refractivity contribution in [1.82, 2.24) is 4.90 Å². The number of carbonyl (C=O) groups is 2. The number of rotatable bonds is 8. The number of carboxylic acids is 1. The van der Waals surface area contributed by atoms with Gasteiger partial charge in [0, 0.05) is 27.9 Å². The van der Waals surface area contributed by atoms with E-state index in [0.29, 0.717) is 47.5 Å². The minimum absolute atomic E-state index is 0.0334. The summed E-state index contributed by atoms with van der Waals surface area (Å²) in [6.07, 6.45) is 1.96. The molecule has 0 bridgehead atoms. The van der Waals surface area contributed by atoms with E-state index in [1.807, 2.05) is 17.0 Å². The maximum absolute atomic E-state index is 12.2. The second kappa shape index (κ2) is 9.06. The number of carboxylic acid groups (broad SMARTS) is 1. The molecule has 1 aromatic carbocycles. The lowest BCUT2D eigenvalue weighted by Gasteiger charge is -2.24. The largest absolute Gasteiger partial charge is 0.477 e. The Morgan fingerprint density at radius 1 is 1.26 bits per heavy atom. The first-order valence-corrected chi connectivity index (χ1v) is 10.1. The number of aromatic carboxylic acids is 1. The number of ether oxygens (including phenoxy) is 1. The second-order valence-corrected chi connectivity index (χ2v) is 8.43. The number of thiophene rings is 1. The summed E-state index contributed by atoms with van der Waals surface area (Å²) >= 11 is 13.3. The number of amides is 1. The Labute approximate surface area is 171 Å². The van der Waals surface area contributed by atoms with Crippen LogP contribution in [0, 0.1) is 0 Å². The average Bonchev–Trinajstić information content (AvgIpc) is 3.20. The van der Waals surface area contributed by atoms with Crippen LogP contribution >= 0.6 is 34.5 Å². The Morgan fingerprint density at radius 2 is 2.00 bits per heavy atom. The van der Waals surface area contributed by atoms with Gasteiger partial charge in [-0.1, -0.05) is 23.2 Å². The van der Waals surface area contributed by atoms with Crippen molar-refractivity contribution < 1.29 is 19.4 Å². The average molecular weight is 428 g/mol. The van der Waals surface area contributed by atoms with E-state index >= 15 is 0 Å². The van der Waals surface area contributed by atoms with Gasteiger partial charge in [-0.2, -0.15) is 0 Å². The Hall–Kier alpha value is -1.60. The highest BCUT2D eigenvalue weighted by Crippen LogP contribution is 2.23.